The fraction of sp³-hybridized carbons (Fsp3) is 0.0909. The van der Waals surface area contributed by atoms with Gasteiger partial charge in [-0.25, -0.2) is 18.4 Å². The van der Waals surface area contributed by atoms with Gasteiger partial charge in [-0.15, -0.1) is 0 Å². The molecule has 0 saturated heterocycles. The predicted molar refractivity (Wildman–Crippen MR) is 111 cm³/mol. The predicted octanol–water partition coefficient (Wildman–Crippen LogP) is 3.70. The zero-order chi connectivity index (χ0) is 19.2. The van der Waals surface area contributed by atoms with Crippen LogP contribution in [0.3, 0.4) is 0 Å². The molecule has 0 saturated carbocycles. The molecule has 0 amide bonds. The van der Waals surface area contributed by atoms with Gasteiger partial charge < -0.3 is 0 Å². The number of hydrogen-bond acceptors (Lipinski definition) is 5. The first-order chi connectivity index (χ1) is 13.6. The average molecular weight is 387 g/mol. The first-order valence-corrected chi connectivity index (χ1v) is 10.5. The lowest BCUT2D eigenvalue weighted by atomic mass is 9.86. The van der Waals surface area contributed by atoms with E-state index in [9.17, 15) is 8.42 Å². The van der Waals surface area contributed by atoms with E-state index in [0.29, 0.717) is 5.56 Å². The second-order valence-electron chi connectivity index (χ2n) is 6.78. The number of fused-ring (bicyclic) bond motifs is 1. The molecule has 0 N–H and O–H groups in total. The highest BCUT2D eigenvalue weighted by Crippen LogP contribution is 2.58. The third-order valence-corrected chi connectivity index (χ3v) is 7.17. The van der Waals surface area contributed by atoms with Gasteiger partial charge in [0.25, 0.3) is 0 Å². The molecular formula is C22H17N3O2S. The topological polar surface area (TPSA) is 62.1 Å². The Labute approximate surface area is 163 Å². The molecule has 2 unspecified atom stereocenters. The lowest BCUT2D eigenvalue weighted by Gasteiger charge is -2.41. The normalized spacial score (nSPS) is 27.1. The molecule has 3 aromatic carbocycles. The summed E-state index contributed by atoms with van der Waals surface area (Å²) in [5.41, 5.74) is 1.99. The van der Waals surface area contributed by atoms with E-state index < -0.39 is 20.4 Å². The summed E-state index contributed by atoms with van der Waals surface area (Å²) in [5, 5.41) is 0. The number of para-hydroxylation sites is 1. The number of rotatable bonds is 3. The number of nitrogens with zero attached hydrogens (tertiary/aromatic N) is 3. The number of benzene rings is 3. The van der Waals surface area contributed by atoms with Gasteiger partial charge in [-0.05, 0) is 12.1 Å². The smallest absolute Gasteiger partial charge is 0.241 e. The molecule has 2 atom stereocenters. The van der Waals surface area contributed by atoms with Gasteiger partial charge in [-0.3, -0.25) is 4.90 Å². The van der Waals surface area contributed by atoms with Crippen molar-refractivity contribution in [1.82, 2.24) is 0 Å². The summed E-state index contributed by atoms with van der Waals surface area (Å²) in [7, 11) is -3.82. The SMILES string of the molecule is O=S1(=O)C=NC2(c3ccccc3)N(c3ccccc3)C=NC21c1ccccc1. The van der Waals surface area contributed by atoms with Crippen molar-refractivity contribution in [3.8, 4) is 0 Å². The van der Waals surface area contributed by atoms with Crippen molar-refractivity contribution in [3.63, 3.8) is 0 Å². The zero-order valence-corrected chi connectivity index (χ0v) is 15.7. The Morgan fingerprint density at radius 1 is 0.679 bits per heavy atom. The molecule has 0 fully saturated rings. The van der Waals surface area contributed by atoms with Crippen LogP contribution in [0.4, 0.5) is 5.69 Å². The highest BCUT2D eigenvalue weighted by molar-refractivity contribution is 8.05. The van der Waals surface area contributed by atoms with Crippen LogP contribution in [0.5, 0.6) is 0 Å². The van der Waals surface area contributed by atoms with Crippen LogP contribution in [0.15, 0.2) is 101 Å². The van der Waals surface area contributed by atoms with E-state index in [4.69, 9.17) is 0 Å². The van der Waals surface area contributed by atoms with Crippen molar-refractivity contribution in [1.29, 1.82) is 0 Å². The Kier molecular flexibility index (Phi) is 3.54. The Hall–Kier alpha value is -3.25. The molecule has 0 bridgehead atoms. The van der Waals surface area contributed by atoms with Gasteiger partial charge in [-0.1, -0.05) is 78.9 Å². The third kappa shape index (κ3) is 1.98. The van der Waals surface area contributed by atoms with Crippen molar-refractivity contribution in [3.05, 3.63) is 102 Å². The first-order valence-electron chi connectivity index (χ1n) is 8.92. The van der Waals surface area contributed by atoms with Crippen LogP contribution in [0, 0.1) is 0 Å². The minimum absolute atomic E-state index is 0.589. The van der Waals surface area contributed by atoms with Crippen molar-refractivity contribution in [2.24, 2.45) is 9.98 Å². The summed E-state index contributed by atoms with van der Waals surface area (Å²) in [4.78, 5) is 9.57. The highest BCUT2D eigenvalue weighted by atomic mass is 32.2. The maximum Gasteiger partial charge on any atom is 0.241 e. The van der Waals surface area contributed by atoms with E-state index in [-0.39, 0.29) is 0 Å². The summed E-state index contributed by atoms with van der Waals surface area (Å²) in [6, 6.07) is 28.2. The fourth-order valence-corrected chi connectivity index (χ4v) is 5.91. The Bertz CT molecular complexity index is 1180. The third-order valence-electron chi connectivity index (χ3n) is 5.34. The quantitative estimate of drug-likeness (QED) is 0.688. The van der Waals surface area contributed by atoms with Gasteiger partial charge in [-0.2, -0.15) is 0 Å². The fourth-order valence-electron chi connectivity index (χ4n) is 4.15. The van der Waals surface area contributed by atoms with Gasteiger partial charge in [0, 0.05) is 16.8 Å². The van der Waals surface area contributed by atoms with Crippen LogP contribution in [-0.4, -0.2) is 20.3 Å². The molecule has 5 rings (SSSR count). The van der Waals surface area contributed by atoms with Crippen molar-refractivity contribution < 1.29 is 8.42 Å². The van der Waals surface area contributed by atoms with Crippen LogP contribution in [-0.2, 0) is 20.4 Å². The number of anilines is 1. The first kappa shape index (κ1) is 16.9. The standard InChI is InChI=1S/C22H17N3O2S/c26-28(27)17-24-21(18-10-4-1-5-11-18)22(28,19-12-6-2-7-13-19)23-16-25(21)20-14-8-3-9-15-20/h1-17H. The Morgan fingerprint density at radius 3 is 1.82 bits per heavy atom. The van der Waals surface area contributed by atoms with Crippen LogP contribution in [0.25, 0.3) is 0 Å². The molecule has 3 aromatic rings. The maximum atomic E-state index is 13.4. The lowest BCUT2D eigenvalue weighted by Crippen LogP contribution is -2.53. The van der Waals surface area contributed by atoms with Gasteiger partial charge >= 0.3 is 0 Å². The van der Waals surface area contributed by atoms with Crippen molar-refractivity contribution >= 4 is 27.4 Å². The van der Waals surface area contributed by atoms with Gasteiger partial charge in [0.05, 0.1) is 6.34 Å². The van der Waals surface area contributed by atoms with E-state index in [1.807, 2.05) is 83.8 Å². The largest absolute Gasteiger partial charge is 0.300 e. The summed E-state index contributed by atoms with van der Waals surface area (Å²) in [5.74, 6) is 0. The van der Waals surface area contributed by atoms with Gasteiger partial charge in [0.2, 0.25) is 20.4 Å². The van der Waals surface area contributed by atoms with E-state index in [2.05, 4.69) is 9.98 Å². The van der Waals surface area contributed by atoms with Crippen molar-refractivity contribution in [2.45, 2.75) is 10.5 Å². The number of aliphatic imine (C=N–C) groups is 2. The molecule has 5 nitrogen and oxygen atoms in total. The molecule has 2 aliphatic rings. The second-order valence-corrected chi connectivity index (χ2v) is 8.67. The molecular weight excluding hydrogens is 370 g/mol. The van der Waals surface area contributed by atoms with Crippen LogP contribution in [0.2, 0.25) is 0 Å². The molecule has 0 aromatic heterocycles. The lowest BCUT2D eigenvalue weighted by molar-refractivity contribution is 0.362. The average Bonchev–Trinajstić information content (AvgIpc) is 3.23. The van der Waals surface area contributed by atoms with Crippen LogP contribution in [0.1, 0.15) is 11.1 Å². The van der Waals surface area contributed by atoms with Crippen LogP contribution < -0.4 is 4.90 Å². The van der Waals surface area contributed by atoms with E-state index in [0.717, 1.165) is 16.8 Å². The van der Waals surface area contributed by atoms with Crippen LogP contribution >= 0.6 is 0 Å². The zero-order valence-electron chi connectivity index (χ0n) is 14.9. The van der Waals surface area contributed by atoms with Crippen molar-refractivity contribution in [2.75, 3.05) is 4.90 Å². The molecule has 2 heterocycles. The Balaban J connectivity index is 1.88. The molecule has 0 aliphatic carbocycles. The number of sulfone groups is 1. The highest BCUT2D eigenvalue weighted by Gasteiger charge is 2.71. The van der Waals surface area contributed by atoms with Gasteiger partial charge in [0.15, 0.2) is 0 Å². The molecule has 0 radical (unpaired) electrons. The van der Waals surface area contributed by atoms with Gasteiger partial charge in [0.1, 0.15) is 5.55 Å². The molecule has 138 valence electrons. The number of hydrogen-bond donors (Lipinski definition) is 0. The van der Waals surface area contributed by atoms with E-state index in [1.54, 1.807) is 18.5 Å². The summed E-state index contributed by atoms with van der Waals surface area (Å²) >= 11 is 0. The Morgan fingerprint density at radius 2 is 1.21 bits per heavy atom. The molecule has 2 aliphatic heterocycles. The second kappa shape index (κ2) is 5.87. The summed E-state index contributed by atoms with van der Waals surface area (Å²) in [6.07, 6.45) is 1.60. The minimum atomic E-state index is -3.82. The molecule has 28 heavy (non-hydrogen) atoms. The monoisotopic (exact) mass is 387 g/mol. The minimum Gasteiger partial charge on any atom is -0.300 e. The summed E-state index contributed by atoms with van der Waals surface area (Å²) in [6.45, 7) is 0. The van der Waals surface area contributed by atoms with E-state index in [1.165, 1.54) is 0 Å². The maximum absolute atomic E-state index is 13.4. The molecule has 6 heteroatoms. The summed E-state index contributed by atoms with van der Waals surface area (Å²) < 4.78 is 26.9. The molecule has 0 spiro atoms. The van der Waals surface area contributed by atoms with E-state index >= 15 is 0 Å².